The summed E-state index contributed by atoms with van der Waals surface area (Å²) in [6, 6.07) is 12.1. The second-order valence-electron chi connectivity index (χ2n) is 5.93. The normalized spacial score (nSPS) is 12.7. The van der Waals surface area contributed by atoms with Gasteiger partial charge in [-0.25, -0.2) is 22.8 Å². The molecule has 0 radical (unpaired) electrons. The average molecular weight is 372 g/mol. The molecule has 7 nitrogen and oxygen atoms in total. The van der Waals surface area contributed by atoms with E-state index in [1.807, 2.05) is 37.3 Å². The number of nitrogens with zero attached hydrogens (tertiary/aromatic N) is 3. The average Bonchev–Trinajstić information content (AvgIpc) is 3.16. The highest BCUT2D eigenvalue weighted by atomic mass is 32.2. The van der Waals surface area contributed by atoms with E-state index < -0.39 is 16.1 Å². The van der Waals surface area contributed by atoms with Gasteiger partial charge in [0.05, 0.1) is 12.8 Å². The van der Waals surface area contributed by atoms with Crippen LogP contribution in [-0.4, -0.2) is 30.3 Å². The lowest BCUT2D eigenvalue weighted by molar-refractivity contribution is 0.402. The first-order valence-electron chi connectivity index (χ1n) is 8.02. The van der Waals surface area contributed by atoms with Gasteiger partial charge in [-0.3, -0.25) is 0 Å². The van der Waals surface area contributed by atoms with Crippen molar-refractivity contribution in [1.29, 1.82) is 0 Å². The molecule has 0 saturated heterocycles. The number of rotatable bonds is 6. The van der Waals surface area contributed by atoms with E-state index in [-0.39, 0.29) is 4.90 Å². The number of hydrogen-bond donors (Lipinski definition) is 1. The Balaban J connectivity index is 1.83. The molecule has 2 aromatic carbocycles. The lowest BCUT2D eigenvalue weighted by Gasteiger charge is -2.17. The Morgan fingerprint density at radius 1 is 1.15 bits per heavy atom. The molecule has 26 heavy (non-hydrogen) atoms. The maximum absolute atomic E-state index is 12.8. The predicted molar refractivity (Wildman–Crippen MR) is 97.8 cm³/mol. The van der Waals surface area contributed by atoms with Crippen molar-refractivity contribution >= 4 is 10.0 Å². The smallest absolute Gasteiger partial charge is 0.244 e. The summed E-state index contributed by atoms with van der Waals surface area (Å²) in [6.45, 7) is 3.63. The van der Waals surface area contributed by atoms with Crippen molar-refractivity contribution in [3.63, 3.8) is 0 Å². The molecule has 0 bridgehead atoms. The van der Waals surface area contributed by atoms with Crippen LogP contribution in [-0.2, 0) is 10.0 Å². The van der Waals surface area contributed by atoms with Crippen molar-refractivity contribution in [3.05, 3.63) is 66.2 Å². The fourth-order valence-corrected chi connectivity index (χ4v) is 4.10. The van der Waals surface area contributed by atoms with Crippen LogP contribution in [0.15, 0.2) is 60.0 Å². The van der Waals surface area contributed by atoms with Crippen LogP contribution in [0.25, 0.3) is 5.69 Å². The zero-order valence-corrected chi connectivity index (χ0v) is 15.6. The summed E-state index contributed by atoms with van der Waals surface area (Å²) in [5.41, 5.74) is 2.53. The lowest BCUT2D eigenvalue weighted by atomic mass is 10.1. The molecule has 1 heterocycles. The Morgan fingerprint density at radius 3 is 2.50 bits per heavy atom. The second-order valence-corrected chi connectivity index (χ2v) is 7.61. The Labute approximate surface area is 152 Å². The van der Waals surface area contributed by atoms with E-state index in [2.05, 4.69) is 14.8 Å². The van der Waals surface area contributed by atoms with E-state index in [1.54, 1.807) is 30.1 Å². The number of aromatic nitrogens is 3. The number of methoxy groups -OCH3 is 1. The van der Waals surface area contributed by atoms with Crippen molar-refractivity contribution in [2.45, 2.75) is 24.8 Å². The zero-order valence-electron chi connectivity index (χ0n) is 14.7. The third kappa shape index (κ3) is 3.76. The van der Waals surface area contributed by atoms with Gasteiger partial charge in [0.15, 0.2) is 0 Å². The summed E-state index contributed by atoms with van der Waals surface area (Å²) in [7, 11) is -2.27. The van der Waals surface area contributed by atoms with E-state index >= 15 is 0 Å². The van der Waals surface area contributed by atoms with Crippen LogP contribution in [0.5, 0.6) is 5.75 Å². The molecule has 1 aromatic heterocycles. The highest BCUT2D eigenvalue weighted by molar-refractivity contribution is 7.89. The maximum Gasteiger partial charge on any atom is 0.244 e. The SMILES string of the molecule is COc1ccc(C)cc1S(=O)(=O)N[C@@H](C)c1ccc(-n2cncn2)cc1. The summed E-state index contributed by atoms with van der Waals surface area (Å²) in [5.74, 6) is 0.317. The van der Waals surface area contributed by atoms with Gasteiger partial charge in [0.1, 0.15) is 23.3 Å². The molecule has 1 N–H and O–H groups in total. The van der Waals surface area contributed by atoms with Gasteiger partial charge in [-0.15, -0.1) is 0 Å². The van der Waals surface area contributed by atoms with Crippen LogP contribution in [0, 0.1) is 6.92 Å². The molecule has 0 amide bonds. The van der Waals surface area contributed by atoms with E-state index in [1.165, 1.54) is 13.4 Å². The van der Waals surface area contributed by atoms with Gasteiger partial charge in [0, 0.05) is 6.04 Å². The van der Waals surface area contributed by atoms with Crippen LogP contribution >= 0.6 is 0 Å². The topological polar surface area (TPSA) is 86.1 Å². The molecule has 0 fully saturated rings. The minimum atomic E-state index is -3.73. The van der Waals surface area contributed by atoms with Crippen molar-refractivity contribution < 1.29 is 13.2 Å². The standard InChI is InChI=1S/C18H20N4O3S/c1-13-4-9-17(25-3)18(10-13)26(23,24)21-14(2)15-5-7-16(8-6-15)22-12-19-11-20-22/h4-12,14,21H,1-3H3/t14-/m0/s1. The van der Waals surface area contributed by atoms with Crippen molar-refractivity contribution in [2.75, 3.05) is 7.11 Å². The summed E-state index contributed by atoms with van der Waals surface area (Å²) in [6.07, 6.45) is 3.06. The molecule has 0 aliphatic heterocycles. The second kappa shape index (κ2) is 7.27. The van der Waals surface area contributed by atoms with E-state index in [0.29, 0.717) is 5.75 Å². The molecule has 3 rings (SSSR count). The number of nitrogens with one attached hydrogen (secondary N) is 1. The van der Waals surface area contributed by atoms with Crippen LogP contribution in [0.1, 0.15) is 24.1 Å². The summed E-state index contributed by atoms with van der Waals surface area (Å²) < 4.78 is 35.1. The Bertz CT molecular complexity index is 984. The third-order valence-electron chi connectivity index (χ3n) is 4.02. The van der Waals surface area contributed by atoms with Gasteiger partial charge in [0.2, 0.25) is 10.0 Å². The van der Waals surface area contributed by atoms with Crippen LogP contribution in [0.2, 0.25) is 0 Å². The first kappa shape index (κ1) is 18.1. The van der Waals surface area contributed by atoms with Gasteiger partial charge >= 0.3 is 0 Å². The van der Waals surface area contributed by atoms with Crippen LogP contribution < -0.4 is 9.46 Å². The molecular weight excluding hydrogens is 352 g/mol. The fourth-order valence-electron chi connectivity index (χ4n) is 2.62. The minimum absolute atomic E-state index is 0.131. The van der Waals surface area contributed by atoms with E-state index in [4.69, 9.17) is 4.74 Å². The van der Waals surface area contributed by atoms with Crippen LogP contribution in [0.3, 0.4) is 0 Å². The zero-order chi connectivity index (χ0) is 18.7. The van der Waals surface area contributed by atoms with Gasteiger partial charge in [-0.1, -0.05) is 18.2 Å². The van der Waals surface area contributed by atoms with Gasteiger partial charge in [-0.05, 0) is 49.2 Å². The predicted octanol–water partition coefficient (Wildman–Crippen LogP) is 2.62. The monoisotopic (exact) mass is 372 g/mol. The third-order valence-corrected chi connectivity index (χ3v) is 5.58. The summed E-state index contributed by atoms with van der Waals surface area (Å²) in [5, 5.41) is 4.07. The molecule has 0 unspecified atom stereocenters. The largest absolute Gasteiger partial charge is 0.495 e. The molecule has 0 aliphatic rings. The molecule has 136 valence electrons. The molecule has 8 heteroatoms. The lowest BCUT2D eigenvalue weighted by Crippen LogP contribution is -2.27. The van der Waals surface area contributed by atoms with Crippen molar-refractivity contribution in [1.82, 2.24) is 19.5 Å². The van der Waals surface area contributed by atoms with E-state index in [0.717, 1.165) is 16.8 Å². The first-order valence-corrected chi connectivity index (χ1v) is 9.51. The summed E-state index contributed by atoms with van der Waals surface area (Å²) in [4.78, 5) is 4.04. The number of aryl methyl sites for hydroxylation is 1. The highest BCUT2D eigenvalue weighted by Gasteiger charge is 2.22. The number of sulfonamides is 1. The molecule has 0 aliphatic carbocycles. The molecule has 0 saturated carbocycles. The quantitative estimate of drug-likeness (QED) is 0.719. The first-order chi connectivity index (χ1) is 12.4. The molecule has 1 atom stereocenters. The van der Waals surface area contributed by atoms with Gasteiger partial charge < -0.3 is 4.74 Å². The number of hydrogen-bond acceptors (Lipinski definition) is 5. The maximum atomic E-state index is 12.8. The number of benzene rings is 2. The van der Waals surface area contributed by atoms with Crippen LogP contribution in [0.4, 0.5) is 0 Å². The highest BCUT2D eigenvalue weighted by Crippen LogP contribution is 2.26. The van der Waals surface area contributed by atoms with Crippen molar-refractivity contribution in [3.8, 4) is 11.4 Å². The Morgan fingerprint density at radius 2 is 1.88 bits per heavy atom. The molecule has 0 spiro atoms. The van der Waals surface area contributed by atoms with E-state index in [9.17, 15) is 8.42 Å². The number of ether oxygens (including phenoxy) is 1. The van der Waals surface area contributed by atoms with Crippen molar-refractivity contribution in [2.24, 2.45) is 0 Å². The Kier molecular flexibility index (Phi) is 5.06. The van der Waals surface area contributed by atoms with Gasteiger partial charge in [-0.2, -0.15) is 5.10 Å². The fraction of sp³-hybridized carbons (Fsp3) is 0.222. The minimum Gasteiger partial charge on any atom is -0.495 e. The van der Waals surface area contributed by atoms with Gasteiger partial charge in [0.25, 0.3) is 0 Å². The Hall–Kier alpha value is -2.71. The molecular formula is C18H20N4O3S. The molecule has 3 aromatic rings. The summed E-state index contributed by atoms with van der Waals surface area (Å²) >= 11 is 0.